The Labute approximate surface area is 114 Å². The average molecular weight is 260 g/mol. The monoisotopic (exact) mass is 260 g/mol. The zero-order valence-electron chi connectivity index (χ0n) is 11.5. The van der Waals surface area contributed by atoms with E-state index in [1.807, 2.05) is 30.3 Å². The highest BCUT2D eigenvalue weighted by Gasteiger charge is 2.34. The second kappa shape index (κ2) is 7.52. The molecule has 0 saturated heterocycles. The van der Waals surface area contributed by atoms with Crippen LogP contribution in [0.5, 0.6) is 0 Å². The Kier molecular flexibility index (Phi) is 6.00. The number of esters is 1. The van der Waals surface area contributed by atoms with Gasteiger partial charge in [-0.2, -0.15) is 0 Å². The molecule has 2 atom stereocenters. The summed E-state index contributed by atoms with van der Waals surface area (Å²) in [5, 5.41) is 0. The molecule has 3 heteroatoms. The van der Waals surface area contributed by atoms with Crippen molar-refractivity contribution in [2.45, 2.75) is 26.2 Å². The summed E-state index contributed by atoms with van der Waals surface area (Å²) in [5.41, 5.74) is 0.900. The normalized spacial score (nSPS) is 13.4. The van der Waals surface area contributed by atoms with Gasteiger partial charge in [-0.1, -0.05) is 43.3 Å². The summed E-state index contributed by atoms with van der Waals surface area (Å²) < 4.78 is 5.02. The van der Waals surface area contributed by atoms with Crippen molar-refractivity contribution in [3.8, 4) is 0 Å². The van der Waals surface area contributed by atoms with Gasteiger partial charge in [0.1, 0.15) is 11.7 Å². The van der Waals surface area contributed by atoms with Crippen LogP contribution in [0.25, 0.3) is 0 Å². The lowest BCUT2D eigenvalue weighted by atomic mass is 9.82. The second-order valence-corrected chi connectivity index (χ2v) is 4.22. The summed E-state index contributed by atoms with van der Waals surface area (Å²) in [7, 11) is 0. The Bertz CT molecular complexity index is 437. The maximum absolute atomic E-state index is 12.1. The predicted molar refractivity (Wildman–Crippen MR) is 74.8 cm³/mol. The van der Waals surface area contributed by atoms with E-state index in [0.29, 0.717) is 6.42 Å². The third kappa shape index (κ3) is 3.78. The van der Waals surface area contributed by atoms with Crippen LogP contribution >= 0.6 is 0 Å². The van der Waals surface area contributed by atoms with Crippen LogP contribution in [0.2, 0.25) is 0 Å². The van der Waals surface area contributed by atoms with Gasteiger partial charge in [-0.05, 0) is 12.5 Å². The number of benzene rings is 1. The summed E-state index contributed by atoms with van der Waals surface area (Å²) in [6, 6.07) is 9.43. The summed E-state index contributed by atoms with van der Waals surface area (Å²) in [6.45, 7) is 7.51. The fourth-order valence-electron chi connectivity index (χ4n) is 2.07. The van der Waals surface area contributed by atoms with Gasteiger partial charge in [-0.15, -0.1) is 6.58 Å². The fourth-order valence-corrected chi connectivity index (χ4v) is 2.07. The second-order valence-electron chi connectivity index (χ2n) is 4.22. The minimum Gasteiger partial charge on any atom is -0.465 e. The molecule has 0 aliphatic carbocycles. The smallest absolute Gasteiger partial charge is 0.317 e. The van der Waals surface area contributed by atoms with Crippen molar-refractivity contribution in [3.05, 3.63) is 48.6 Å². The van der Waals surface area contributed by atoms with E-state index in [4.69, 9.17) is 4.74 Å². The molecule has 0 aromatic heterocycles. The first kappa shape index (κ1) is 15.2. The number of hydrogen-bond donors (Lipinski definition) is 0. The molecule has 102 valence electrons. The molecule has 0 radical (unpaired) electrons. The standard InChI is InChI=1S/C16H20O3/c1-4-13(12-10-8-7-9-11-12)15(14(17)5-2)16(18)19-6-3/h4,7-11,13,15H,1,5-6H2,2-3H3/t13-,15+/m0/s1. The van der Waals surface area contributed by atoms with Crippen LogP contribution in [-0.2, 0) is 14.3 Å². The highest BCUT2D eigenvalue weighted by molar-refractivity contribution is 6.00. The molecule has 1 aromatic carbocycles. The molecule has 0 aliphatic rings. The maximum Gasteiger partial charge on any atom is 0.317 e. The predicted octanol–water partition coefficient (Wildman–Crippen LogP) is 3.11. The number of rotatable bonds is 7. The van der Waals surface area contributed by atoms with E-state index in [1.54, 1.807) is 19.9 Å². The van der Waals surface area contributed by atoms with E-state index < -0.39 is 11.9 Å². The minimum absolute atomic E-state index is 0.118. The molecule has 0 heterocycles. The van der Waals surface area contributed by atoms with E-state index in [-0.39, 0.29) is 18.3 Å². The van der Waals surface area contributed by atoms with Crippen molar-refractivity contribution >= 4 is 11.8 Å². The van der Waals surface area contributed by atoms with Crippen molar-refractivity contribution < 1.29 is 14.3 Å². The molecule has 0 saturated carbocycles. The van der Waals surface area contributed by atoms with Gasteiger partial charge in [0.05, 0.1) is 6.61 Å². The van der Waals surface area contributed by atoms with Gasteiger partial charge in [0.2, 0.25) is 0 Å². The van der Waals surface area contributed by atoms with Crippen molar-refractivity contribution in [2.24, 2.45) is 5.92 Å². The van der Waals surface area contributed by atoms with E-state index >= 15 is 0 Å². The molecule has 0 aliphatic heterocycles. The van der Waals surface area contributed by atoms with E-state index in [0.717, 1.165) is 5.56 Å². The highest BCUT2D eigenvalue weighted by atomic mass is 16.5. The molecule has 0 unspecified atom stereocenters. The molecule has 0 amide bonds. The summed E-state index contributed by atoms with van der Waals surface area (Å²) in [5.74, 6) is -1.73. The number of hydrogen-bond acceptors (Lipinski definition) is 3. The highest BCUT2D eigenvalue weighted by Crippen LogP contribution is 2.28. The third-order valence-electron chi connectivity index (χ3n) is 3.03. The summed E-state index contributed by atoms with van der Waals surface area (Å²) in [6.07, 6.45) is 1.95. The van der Waals surface area contributed by atoms with Gasteiger partial charge in [-0.3, -0.25) is 9.59 Å². The summed E-state index contributed by atoms with van der Waals surface area (Å²) >= 11 is 0. The van der Waals surface area contributed by atoms with Gasteiger partial charge >= 0.3 is 5.97 Å². The van der Waals surface area contributed by atoms with Crippen LogP contribution in [0.3, 0.4) is 0 Å². The van der Waals surface area contributed by atoms with Gasteiger partial charge < -0.3 is 4.74 Å². The third-order valence-corrected chi connectivity index (χ3v) is 3.03. The van der Waals surface area contributed by atoms with Crippen molar-refractivity contribution in [2.75, 3.05) is 6.61 Å². The number of Topliss-reactive ketones (excluding diaryl/α,β-unsaturated/α-hetero) is 1. The quantitative estimate of drug-likeness (QED) is 0.430. The van der Waals surface area contributed by atoms with Crippen molar-refractivity contribution in [1.29, 1.82) is 0 Å². The van der Waals surface area contributed by atoms with E-state index in [1.165, 1.54) is 0 Å². The molecule has 1 rings (SSSR count). The molecular formula is C16H20O3. The number of ether oxygens (including phenoxy) is 1. The van der Waals surface area contributed by atoms with Crippen LogP contribution in [0.4, 0.5) is 0 Å². The minimum atomic E-state index is -0.801. The topological polar surface area (TPSA) is 43.4 Å². The van der Waals surface area contributed by atoms with Crippen LogP contribution in [0.1, 0.15) is 31.7 Å². The lowest BCUT2D eigenvalue weighted by Gasteiger charge is -2.22. The number of ketones is 1. The molecule has 19 heavy (non-hydrogen) atoms. The Morgan fingerprint density at radius 3 is 2.37 bits per heavy atom. The van der Waals surface area contributed by atoms with Crippen LogP contribution in [-0.4, -0.2) is 18.4 Å². The molecule has 3 nitrogen and oxygen atoms in total. The lowest BCUT2D eigenvalue weighted by molar-refractivity contribution is -0.152. The molecule has 0 bridgehead atoms. The largest absolute Gasteiger partial charge is 0.465 e. The van der Waals surface area contributed by atoms with Gasteiger partial charge in [0.25, 0.3) is 0 Å². The molecule has 0 N–H and O–H groups in total. The Morgan fingerprint density at radius 1 is 1.26 bits per heavy atom. The maximum atomic E-state index is 12.1. The first-order chi connectivity index (χ1) is 9.15. The molecular weight excluding hydrogens is 240 g/mol. The summed E-state index contributed by atoms with van der Waals surface area (Å²) in [4.78, 5) is 24.1. The molecule has 0 spiro atoms. The SMILES string of the molecule is C=C[C@@H](c1ccccc1)[C@H](C(=O)CC)C(=O)OCC. The number of carbonyl (C=O) groups is 2. The number of allylic oxidation sites excluding steroid dienone is 1. The van der Waals surface area contributed by atoms with Crippen LogP contribution in [0, 0.1) is 5.92 Å². The van der Waals surface area contributed by atoms with Crippen molar-refractivity contribution in [1.82, 2.24) is 0 Å². The zero-order valence-corrected chi connectivity index (χ0v) is 11.5. The van der Waals surface area contributed by atoms with Crippen molar-refractivity contribution in [3.63, 3.8) is 0 Å². The fraction of sp³-hybridized carbons (Fsp3) is 0.375. The first-order valence-corrected chi connectivity index (χ1v) is 6.52. The van der Waals surface area contributed by atoms with Gasteiger partial charge in [-0.25, -0.2) is 0 Å². The van der Waals surface area contributed by atoms with Gasteiger partial charge in [0, 0.05) is 12.3 Å². The van der Waals surface area contributed by atoms with E-state index in [2.05, 4.69) is 6.58 Å². The number of carbonyl (C=O) groups excluding carboxylic acids is 2. The Morgan fingerprint density at radius 2 is 1.89 bits per heavy atom. The first-order valence-electron chi connectivity index (χ1n) is 6.52. The van der Waals surface area contributed by atoms with E-state index in [9.17, 15) is 9.59 Å². The van der Waals surface area contributed by atoms with Crippen LogP contribution in [0.15, 0.2) is 43.0 Å². The Hall–Kier alpha value is -1.90. The molecule has 1 aromatic rings. The molecule has 0 fully saturated rings. The van der Waals surface area contributed by atoms with Crippen LogP contribution < -0.4 is 0 Å². The average Bonchev–Trinajstić information content (AvgIpc) is 2.44. The lowest BCUT2D eigenvalue weighted by Crippen LogP contribution is -2.30. The van der Waals surface area contributed by atoms with Gasteiger partial charge in [0.15, 0.2) is 0 Å². The Balaban J connectivity index is 3.10. The zero-order chi connectivity index (χ0) is 14.3.